The first-order valence-electron chi connectivity index (χ1n) is 7.55. The first-order chi connectivity index (χ1) is 10.8. The molecule has 2 N–H and O–H groups in total. The summed E-state index contributed by atoms with van der Waals surface area (Å²) < 4.78 is 4.94. The summed E-state index contributed by atoms with van der Waals surface area (Å²) >= 11 is 1.78. The number of nitrogens with zero attached hydrogens (tertiary/aromatic N) is 1. The zero-order chi connectivity index (χ0) is 15.1. The van der Waals surface area contributed by atoms with E-state index in [1.165, 1.54) is 29.3 Å². The van der Waals surface area contributed by atoms with E-state index in [2.05, 4.69) is 34.6 Å². The Morgan fingerprint density at radius 1 is 1.41 bits per heavy atom. The van der Waals surface area contributed by atoms with Crippen LogP contribution < -0.4 is 5.32 Å². The van der Waals surface area contributed by atoms with Crippen LogP contribution in [0.25, 0.3) is 10.9 Å². The number of ether oxygens (including phenoxy) is 1. The normalized spacial score (nSPS) is 24.5. The highest BCUT2D eigenvalue weighted by atomic mass is 32.2. The summed E-state index contributed by atoms with van der Waals surface area (Å²) in [6.45, 7) is 0.940. The number of amides is 1. The molecule has 2 aliphatic heterocycles. The van der Waals surface area contributed by atoms with Crippen molar-refractivity contribution >= 4 is 28.8 Å². The van der Waals surface area contributed by atoms with Crippen LogP contribution >= 0.6 is 11.8 Å². The van der Waals surface area contributed by atoms with E-state index in [-0.39, 0.29) is 18.2 Å². The maximum Gasteiger partial charge on any atom is 0.410 e. The number of para-hydroxylation sites is 1. The third-order valence-corrected chi connectivity index (χ3v) is 5.65. The number of nitrogens with one attached hydrogen (secondary N) is 2. The molecule has 22 heavy (non-hydrogen) atoms. The molecule has 2 aromatic rings. The molecule has 2 aliphatic rings. The molecule has 6 heteroatoms. The highest BCUT2D eigenvalue weighted by Gasteiger charge is 2.39. The molecule has 116 valence electrons. The first kappa shape index (κ1) is 14.0. The van der Waals surface area contributed by atoms with Gasteiger partial charge in [0.2, 0.25) is 0 Å². The molecule has 1 saturated heterocycles. The number of rotatable bonds is 1. The number of carbonyl (C=O) groups excluding carboxylic acids is 1. The van der Waals surface area contributed by atoms with E-state index in [0.29, 0.717) is 5.88 Å². The number of fused-ring (bicyclic) bond motifs is 3. The molecule has 4 rings (SSSR count). The summed E-state index contributed by atoms with van der Waals surface area (Å²) in [5.41, 5.74) is 3.80. The second kappa shape index (κ2) is 5.52. The van der Waals surface area contributed by atoms with Crippen LogP contribution in [0.5, 0.6) is 0 Å². The lowest BCUT2D eigenvalue weighted by molar-refractivity contribution is 0.112. The van der Waals surface area contributed by atoms with Crippen LogP contribution in [-0.2, 0) is 11.2 Å². The van der Waals surface area contributed by atoms with E-state index in [4.69, 9.17) is 4.74 Å². The van der Waals surface area contributed by atoms with Gasteiger partial charge in [-0.1, -0.05) is 18.2 Å². The van der Waals surface area contributed by atoms with Gasteiger partial charge in [0, 0.05) is 22.3 Å². The van der Waals surface area contributed by atoms with Gasteiger partial charge in [0.05, 0.1) is 25.1 Å². The minimum atomic E-state index is -0.236. The number of aromatic nitrogens is 1. The van der Waals surface area contributed by atoms with Gasteiger partial charge < -0.3 is 15.0 Å². The monoisotopic (exact) mass is 317 g/mol. The number of thioether (sulfide) groups is 1. The molecule has 0 saturated carbocycles. The Morgan fingerprint density at radius 2 is 2.27 bits per heavy atom. The van der Waals surface area contributed by atoms with Gasteiger partial charge >= 0.3 is 6.09 Å². The SMILES string of the molecule is COC(=O)N1CSC[C@H]1[C@H]1NCCc2c1[nH]c1ccccc21. The lowest BCUT2D eigenvalue weighted by Gasteiger charge is -2.33. The van der Waals surface area contributed by atoms with Crippen LogP contribution in [0, 0.1) is 0 Å². The molecule has 0 aliphatic carbocycles. The Morgan fingerprint density at radius 3 is 3.14 bits per heavy atom. The molecule has 1 fully saturated rings. The number of carbonyl (C=O) groups is 1. The number of H-pyrrole nitrogens is 1. The van der Waals surface area contributed by atoms with Crippen LogP contribution in [0.15, 0.2) is 24.3 Å². The Balaban J connectivity index is 1.74. The number of hydrogen-bond acceptors (Lipinski definition) is 4. The molecule has 0 radical (unpaired) electrons. The van der Waals surface area contributed by atoms with Crippen molar-refractivity contribution in [2.24, 2.45) is 0 Å². The summed E-state index contributed by atoms with van der Waals surface area (Å²) in [6.07, 6.45) is 0.786. The van der Waals surface area contributed by atoms with Crippen molar-refractivity contribution in [3.05, 3.63) is 35.5 Å². The Hall–Kier alpha value is -1.66. The second-order valence-corrected chi connectivity index (χ2v) is 6.75. The van der Waals surface area contributed by atoms with Gasteiger partial charge in [-0.2, -0.15) is 0 Å². The van der Waals surface area contributed by atoms with E-state index < -0.39 is 0 Å². The molecule has 0 unspecified atom stereocenters. The third kappa shape index (κ3) is 2.09. The minimum Gasteiger partial charge on any atom is -0.453 e. The van der Waals surface area contributed by atoms with Gasteiger partial charge in [-0.05, 0) is 24.6 Å². The van der Waals surface area contributed by atoms with E-state index in [1.807, 2.05) is 4.90 Å². The molecule has 5 nitrogen and oxygen atoms in total. The molecule has 3 heterocycles. The molecule has 1 aromatic heterocycles. The van der Waals surface area contributed by atoms with Crippen LogP contribution in [0.2, 0.25) is 0 Å². The predicted octanol–water partition coefficient (Wildman–Crippen LogP) is 2.50. The van der Waals surface area contributed by atoms with Crippen molar-refractivity contribution < 1.29 is 9.53 Å². The highest BCUT2D eigenvalue weighted by Crippen LogP contribution is 2.36. The Bertz CT molecular complexity index is 714. The third-order valence-electron chi connectivity index (χ3n) is 4.61. The predicted molar refractivity (Wildman–Crippen MR) is 88.1 cm³/mol. The summed E-state index contributed by atoms with van der Waals surface area (Å²) in [6, 6.07) is 8.70. The smallest absolute Gasteiger partial charge is 0.410 e. The molecule has 0 bridgehead atoms. The molecular weight excluding hydrogens is 298 g/mol. The second-order valence-electron chi connectivity index (χ2n) is 5.75. The van der Waals surface area contributed by atoms with Gasteiger partial charge in [0.25, 0.3) is 0 Å². The van der Waals surface area contributed by atoms with Crippen molar-refractivity contribution in [3.63, 3.8) is 0 Å². The Kier molecular flexibility index (Phi) is 3.50. The molecule has 1 amide bonds. The fraction of sp³-hybridized carbons (Fsp3) is 0.438. The number of benzene rings is 1. The van der Waals surface area contributed by atoms with Crippen LogP contribution in [-0.4, -0.2) is 47.3 Å². The topological polar surface area (TPSA) is 57.4 Å². The highest BCUT2D eigenvalue weighted by molar-refractivity contribution is 7.99. The van der Waals surface area contributed by atoms with Gasteiger partial charge in [-0.3, -0.25) is 4.90 Å². The average molecular weight is 317 g/mol. The van der Waals surface area contributed by atoms with Crippen molar-refractivity contribution in [2.45, 2.75) is 18.5 Å². The van der Waals surface area contributed by atoms with Crippen LogP contribution in [0.4, 0.5) is 4.79 Å². The van der Waals surface area contributed by atoms with Crippen molar-refractivity contribution in [1.82, 2.24) is 15.2 Å². The van der Waals surface area contributed by atoms with Gasteiger partial charge in [-0.25, -0.2) is 4.79 Å². The number of aromatic amines is 1. The van der Waals surface area contributed by atoms with Crippen LogP contribution in [0.3, 0.4) is 0 Å². The fourth-order valence-corrected chi connectivity index (χ4v) is 4.79. The zero-order valence-electron chi connectivity index (χ0n) is 12.5. The van der Waals surface area contributed by atoms with Gasteiger partial charge in [0.1, 0.15) is 0 Å². The van der Waals surface area contributed by atoms with Gasteiger partial charge in [-0.15, -0.1) is 11.8 Å². The maximum absolute atomic E-state index is 12.0. The molecule has 2 atom stereocenters. The summed E-state index contributed by atoms with van der Waals surface area (Å²) in [5.74, 6) is 1.63. The fourth-order valence-electron chi connectivity index (χ4n) is 3.58. The first-order valence-corrected chi connectivity index (χ1v) is 8.70. The maximum atomic E-state index is 12.0. The van der Waals surface area contributed by atoms with Crippen molar-refractivity contribution in [2.75, 3.05) is 25.3 Å². The van der Waals surface area contributed by atoms with Crippen molar-refractivity contribution in [3.8, 4) is 0 Å². The van der Waals surface area contributed by atoms with Crippen molar-refractivity contribution in [1.29, 1.82) is 0 Å². The molecular formula is C16H19N3O2S. The largest absolute Gasteiger partial charge is 0.453 e. The number of methoxy groups -OCH3 is 1. The van der Waals surface area contributed by atoms with Gasteiger partial charge in [0.15, 0.2) is 0 Å². The van der Waals surface area contributed by atoms with E-state index >= 15 is 0 Å². The average Bonchev–Trinajstić information content (AvgIpc) is 3.18. The summed E-state index contributed by atoms with van der Waals surface area (Å²) in [4.78, 5) is 17.4. The molecule has 0 spiro atoms. The van der Waals surface area contributed by atoms with Crippen LogP contribution in [0.1, 0.15) is 17.3 Å². The molecule has 1 aromatic carbocycles. The lowest BCUT2D eigenvalue weighted by Crippen LogP contribution is -2.47. The lowest BCUT2D eigenvalue weighted by atomic mass is 9.95. The van der Waals surface area contributed by atoms with E-state index in [1.54, 1.807) is 11.8 Å². The zero-order valence-corrected chi connectivity index (χ0v) is 13.3. The van der Waals surface area contributed by atoms with E-state index in [0.717, 1.165) is 18.7 Å². The number of hydrogen-bond donors (Lipinski definition) is 2. The minimum absolute atomic E-state index is 0.129. The quantitative estimate of drug-likeness (QED) is 0.848. The summed E-state index contributed by atoms with van der Waals surface area (Å²) in [7, 11) is 1.45. The standard InChI is InChI=1S/C16H19N3O2S/c1-21-16(20)19-9-22-8-13(19)15-14-11(6-7-17-15)10-4-2-3-5-12(10)18-14/h2-5,13,15,17-18H,6-9H2,1H3/t13-,15+/m0/s1. The summed E-state index contributed by atoms with van der Waals surface area (Å²) in [5, 5.41) is 4.90. The van der Waals surface area contributed by atoms with E-state index in [9.17, 15) is 4.79 Å². The Labute approximate surface area is 133 Å².